The van der Waals surface area contributed by atoms with E-state index >= 15 is 0 Å². The highest BCUT2D eigenvalue weighted by atomic mass is 19.1. The van der Waals surface area contributed by atoms with Crippen molar-refractivity contribution < 1.29 is 9.18 Å². The lowest BCUT2D eigenvalue weighted by atomic mass is 9.96. The van der Waals surface area contributed by atoms with Gasteiger partial charge in [-0.25, -0.2) is 14.4 Å². The number of nitrogens with zero attached hydrogens (tertiary/aromatic N) is 3. The molecule has 0 bridgehead atoms. The first-order chi connectivity index (χ1) is 11.5. The molecule has 0 unspecified atom stereocenters. The fourth-order valence-corrected chi connectivity index (χ4v) is 2.84. The molecule has 1 fully saturated rings. The van der Waals surface area contributed by atoms with E-state index in [1.165, 1.54) is 6.07 Å². The smallest absolute Gasteiger partial charge is 0.227 e. The summed E-state index contributed by atoms with van der Waals surface area (Å²) in [6.07, 6.45) is 3.22. The molecule has 1 aromatic heterocycles. The molecule has 5 nitrogen and oxygen atoms in total. The molecule has 0 saturated carbocycles. The maximum atomic E-state index is 13.6. The second-order valence-corrected chi connectivity index (χ2v) is 6.21. The van der Waals surface area contributed by atoms with Crippen LogP contribution in [0.3, 0.4) is 0 Å². The predicted molar refractivity (Wildman–Crippen MR) is 91.5 cm³/mol. The van der Waals surface area contributed by atoms with Crippen molar-refractivity contribution in [2.24, 2.45) is 5.92 Å². The van der Waals surface area contributed by atoms with E-state index < -0.39 is 0 Å². The fraction of sp³-hybridized carbons (Fsp3) is 0.389. The molecule has 1 N–H and O–H groups in total. The third-order valence-electron chi connectivity index (χ3n) is 4.37. The molecule has 1 aliphatic rings. The number of aromatic nitrogens is 2. The van der Waals surface area contributed by atoms with Crippen LogP contribution in [-0.2, 0) is 4.79 Å². The van der Waals surface area contributed by atoms with Gasteiger partial charge in [-0.15, -0.1) is 0 Å². The van der Waals surface area contributed by atoms with Gasteiger partial charge in [-0.3, -0.25) is 4.79 Å². The largest absolute Gasteiger partial charge is 0.341 e. The van der Waals surface area contributed by atoms with Crippen LogP contribution >= 0.6 is 0 Å². The van der Waals surface area contributed by atoms with Gasteiger partial charge in [0.25, 0.3) is 0 Å². The van der Waals surface area contributed by atoms with Crippen LogP contribution in [0.15, 0.2) is 30.5 Å². The van der Waals surface area contributed by atoms with Gasteiger partial charge in [0.15, 0.2) is 0 Å². The Morgan fingerprint density at radius 3 is 2.67 bits per heavy atom. The van der Waals surface area contributed by atoms with E-state index in [0.717, 1.165) is 37.6 Å². The number of hydrogen-bond acceptors (Lipinski definition) is 4. The first kappa shape index (κ1) is 16.4. The molecule has 1 saturated heterocycles. The Kier molecular flexibility index (Phi) is 4.74. The van der Waals surface area contributed by atoms with Crippen LogP contribution in [0.2, 0.25) is 0 Å². The lowest BCUT2D eigenvalue weighted by molar-refractivity contribution is -0.120. The number of carbonyl (C=O) groups is 1. The van der Waals surface area contributed by atoms with Crippen LogP contribution in [0.1, 0.15) is 24.1 Å². The second kappa shape index (κ2) is 6.95. The molecule has 0 atom stereocenters. The maximum Gasteiger partial charge on any atom is 0.227 e. The number of halogens is 1. The summed E-state index contributed by atoms with van der Waals surface area (Å²) in [6, 6.07) is 6.63. The summed E-state index contributed by atoms with van der Waals surface area (Å²) in [5.41, 5.74) is 2.01. The van der Waals surface area contributed by atoms with Crippen LogP contribution < -0.4 is 10.2 Å². The Bertz CT molecular complexity index is 742. The zero-order chi connectivity index (χ0) is 17.1. The molecule has 126 valence electrons. The Hall–Kier alpha value is -2.50. The molecule has 1 aromatic carbocycles. The van der Waals surface area contributed by atoms with E-state index in [0.29, 0.717) is 11.3 Å². The summed E-state index contributed by atoms with van der Waals surface area (Å²) < 4.78 is 13.6. The minimum atomic E-state index is -0.306. The summed E-state index contributed by atoms with van der Waals surface area (Å²) in [5, 5.41) is 2.81. The Labute approximate surface area is 140 Å². The van der Waals surface area contributed by atoms with Crippen LogP contribution in [0.25, 0.3) is 0 Å². The van der Waals surface area contributed by atoms with Gasteiger partial charge in [0.2, 0.25) is 11.9 Å². The Morgan fingerprint density at radius 1 is 1.25 bits per heavy atom. The average molecular weight is 328 g/mol. The molecule has 0 aliphatic carbocycles. The Morgan fingerprint density at radius 2 is 2.00 bits per heavy atom. The monoisotopic (exact) mass is 328 g/mol. The third-order valence-corrected chi connectivity index (χ3v) is 4.37. The SMILES string of the molecule is Cc1ccnc(N2CCC(C(=O)Nc3ccc(C)c(F)c3)CC2)n1. The van der Waals surface area contributed by atoms with E-state index in [1.54, 1.807) is 25.3 Å². The number of anilines is 2. The number of hydrogen-bond donors (Lipinski definition) is 1. The number of rotatable bonds is 3. The number of piperidine rings is 1. The van der Waals surface area contributed by atoms with Crippen LogP contribution in [0.4, 0.5) is 16.0 Å². The van der Waals surface area contributed by atoms with Crippen LogP contribution in [0.5, 0.6) is 0 Å². The van der Waals surface area contributed by atoms with E-state index in [4.69, 9.17) is 0 Å². The summed E-state index contributed by atoms with van der Waals surface area (Å²) in [5.74, 6) is 0.284. The minimum absolute atomic E-state index is 0.0527. The highest BCUT2D eigenvalue weighted by molar-refractivity contribution is 5.92. The molecule has 2 aromatic rings. The van der Waals surface area contributed by atoms with E-state index in [9.17, 15) is 9.18 Å². The first-order valence-corrected chi connectivity index (χ1v) is 8.14. The van der Waals surface area contributed by atoms with E-state index in [-0.39, 0.29) is 17.6 Å². The summed E-state index contributed by atoms with van der Waals surface area (Å²) in [6.45, 7) is 5.11. The Balaban J connectivity index is 1.58. The lowest BCUT2D eigenvalue weighted by Crippen LogP contribution is -2.39. The van der Waals surface area contributed by atoms with Gasteiger partial charge in [0.1, 0.15) is 5.82 Å². The van der Waals surface area contributed by atoms with Gasteiger partial charge in [0.05, 0.1) is 0 Å². The standard InChI is InChI=1S/C18H21FN4O/c1-12-3-4-15(11-16(12)19)22-17(24)14-6-9-23(10-7-14)18-20-8-5-13(2)21-18/h3-5,8,11,14H,6-7,9-10H2,1-2H3,(H,22,24). The number of benzene rings is 1. The number of carbonyl (C=O) groups excluding carboxylic acids is 1. The topological polar surface area (TPSA) is 58.1 Å². The lowest BCUT2D eigenvalue weighted by Gasteiger charge is -2.31. The molecule has 3 rings (SSSR count). The summed E-state index contributed by atoms with van der Waals surface area (Å²) in [7, 11) is 0. The molecule has 1 amide bonds. The van der Waals surface area contributed by atoms with Crippen molar-refractivity contribution in [2.45, 2.75) is 26.7 Å². The first-order valence-electron chi connectivity index (χ1n) is 8.14. The third kappa shape index (κ3) is 3.69. The molecular weight excluding hydrogens is 307 g/mol. The average Bonchev–Trinajstić information content (AvgIpc) is 2.58. The van der Waals surface area contributed by atoms with Crippen molar-refractivity contribution in [3.8, 4) is 0 Å². The summed E-state index contributed by atoms with van der Waals surface area (Å²) in [4.78, 5) is 23.2. The fourth-order valence-electron chi connectivity index (χ4n) is 2.84. The predicted octanol–water partition coefficient (Wildman–Crippen LogP) is 3.09. The highest BCUT2D eigenvalue weighted by Gasteiger charge is 2.26. The van der Waals surface area contributed by atoms with Crippen molar-refractivity contribution in [3.05, 3.63) is 47.5 Å². The zero-order valence-electron chi connectivity index (χ0n) is 13.9. The maximum absolute atomic E-state index is 13.6. The quantitative estimate of drug-likeness (QED) is 0.941. The molecule has 0 radical (unpaired) electrons. The molecule has 24 heavy (non-hydrogen) atoms. The molecule has 6 heteroatoms. The number of amides is 1. The number of aryl methyl sites for hydroxylation is 2. The van der Waals surface area contributed by atoms with E-state index in [2.05, 4.69) is 20.2 Å². The molecule has 0 spiro atoms. The van der Waals surface area contributed by atoms with Crippen LogP contribution in [-0.4, -0.2) is 29.0 Å². The number of nitrogens with one attached hydrogen (secondary N) is 1. The van der Waals surface area contributed by atoms with Crippen molar-refractivity contribution in [1.29, 1.82) is 0 Å². The van der Waals surface area contributed by atoms with Crippen molar-refractivity contribution >= 4 is 17.5 Å². The van der Waals surface area contributed by atoms with Gasteiger partial charge >= 0.3 is 0 Å². The normalized spacial score (nSPS) is 15.4. The van der Waals surface area contributed by atoms with Gasteiger partial charge in [-0.05, 0) is 50.5 Å². The van der Waals surface area contributed by atoms with Gasteiger partial charge in [-0.2, -0.15) is 0 Å². The van der Waals surface area contributed by atoms with Gasteiger partial charge in [-0.1, -0.05) is 6.07 Å². The minimum Gasteiger partial charge on any atom is -0.341 e. The van der Waals surface area contributed by atoms with Crippen LogP contribution in [0, 0.1) is 25.6 Å². The molecular formula is C18H21FN4O. The summed E-state index contributed by atoms with van der Waals surface area (Å²) >= 11 is 0. The van der Waals surface area contributed by atoms with E-state index in [1.807, 2.05) is 13.0 Å². The molecule has 1 aliphatic heterocycles. The van der Waals surface area contributed by atoms with Gasteiger partial charge < -0.3 is 10.2 Å². The molecule has 2 heterocycles. The zero-order valence-corrected chi connectivity index (χ0v) is 13.9. The van der Waals surface area contributed by atoms with Crippen molar-refractivity contribution in [2.75, 3.05) is 23.3 Å². The van der Waals surface area contributed by atoms with Crippen molar-refractivity contribution in [3.63, 3.8) is 0 Å². The van der Waals surface area contributed by atoms with Crippen molar-refractivity contribution in [1.82, 2.24) is 9.97 Å². The highest BCUT2D eigenvalue weighted by Crippen LogP contribution is 2.22. The van der Waals surface area contributed by atoms with Gasteiger partial charge in [0, 0.05) is 36.6 Å². The second-order valence-electron chi connectivity index (χ2n) is 6.21.